The molecular formula is C17H13Cl2N3O3S2. The van der Waals surface area contributed by atoms with E-state index in [-0.39, 0.29) is 19.5 Å². The molecule has 0 fully saturated rings. The number of carbonyl (C=O) groups is 1. The number of rotatable bonds is 6. The standard InChI is InChI=1S/C17H13Cl2N3O3S2/c18-15-9-14(16(19)26-15)27(24,25)22-12-6-4-11(5-7-12)17(23)21-10-13-3-1-2-8-20-13/h1-9,22H,10H2,(H,21,23). The fourth-order valence-electron chi connectivity index (χ4n) is 2.18. The first-order chi connectivity index (χ1) is 12.8. The van der Waals surface area contributed by atoms with Crippen molar-refractivity contribution in [3.05, 3.63) is 74.7 Å². The Labute approximate surface area is 170 Å². The normalized spacial score (nSPS) is 11.2. The highest BCUT2D eigenvalue weighted by atomic mass is 35.5. The highest BCUT2D eigenvalue weighted by molar-refractivity contribution is 7.93. The molecule has 0 spiro atoms. The van der Waals surface area contributed by atoms with Gasteiger partial charge < -0.3 is 5.32 Å². The van der Waals surface area contributed by atoms with Gasteiger partial charge in [-0.3, -0.25) is 14.5 Å². The molecule has 0 bridgehead atoms. The first-order valence-electron chi connectivity index (χ1n) is 7.61. The molecule has 0 atom stereocenters. The Morgan fingerprint density at radius 3 is 2.44 bits per heavy atom. The van der Waals surface area contributed by atoms with Crippen LogP contribution < -0.4 is 10.0 Å². The van der Waals surface area contributed by atoms with Crippen LogP contribution in [0.5, 0.6) is 0 Å². The lowest BCUT2D eigenvalue weighted by Gasteiger charge is -2.08. The second-order valence-corrected chi connectivity index (χ2v) is 9.31. The predicted octanol–water partition coefficient (Wildman–Crippen LogP) is 4.18. The Hall–Kier alpha value is -2.13. The molecular weight excluding hydrogens is 429 g/mol. The third kappa shape index (κ3) is 4.98. The average molecular weight is 442 g/mol. The van der Waals surface area contributed by atoms with E-state index in [1.165, 1.54) is 30.3 Å². The van der Waals surface area contributed by atoms with Crippen molar-refractivity contribution in [2.24, 2.45) is 0 Å². The van der Waals surface area contributed by atoms with Gasteiger partial charge in [-0.15, -0.1) is 11.3 Å². The monoisotopic (exact) mass is 441 g/mol. The fraction of sp³-hybridized carbons (Fsp3) is 0.0588. The molecule has 0 unspecified atom stereocenters. The molecule has 1 aromatic carbocycles. The molecule has 2 N–H and O–H groups in total. The number of nitrogens with zero attached hydrogens (tertiary/aromatic N) is 1. The first-order valence-corrected chi connectivity index (χ1v) is 10.7. The van der Waals surface area contributed by atoms with Crippen molar-refractivity contribution in [3.8, 4) is 0 Å². The summed E-state index contributed by atoms with van der Waals surface area (Å²) >= 11 is 12.7. The zero-order chi connectivity index (χ0) is 19.4. The minimum atomic E-state index is -3.87. The van der Waals surface area contributed by atoms with Gasteiger partial charge in [-0.05, 0) is 42.5 Å². The van der Waals surface area contributed by atoms with E-state index in [2.05, 4.69) is 15.0 Å². The Morgan fingerprint density at radius 1 is 1.11 bits per heavy atom. The molecule has 0 saturated heterocycles. The van der Waals surface area contributed by atoms with E-state index in [9.17, 15) is 13.2 Å². The van der Waals surface area contributed by atoms with Crippen LogP contribution in [0, 0.1) is 0 Å². The van der Waals surface area contributed by atoms with Crippen molar-refractivity contribution in [1.82, 2.24) is 10.3 Å². The van der Waals surface area contributed by atoms with Gasteiger partial charge in [0.15, 0.2) is 0 Å². The summed E-state index contributed by atoms with van der Waals surface area (Å²) in [7, 11) is -3.87. The van der Waals surface area contributed by atoms with Crippen LogP contribution in [-0.4, -0.2) is 19.3 Å². The molecule has 140 valence electrons. The van der Waals surface area contributed by atoms with Crippen molar-refractivity contribution in [2.45, 2.75) is 11.4 Å². The van der Waals surface area contributed by atoms with Crippen LogP contribution in [0.4, 0.5) is 5.69 Å². The minimum Gasteiger partial charge on any atom is -0.346 e. The average Bonchev–Trinajstić information content (AvgIpc) is 3.00. The van der Waals surface area contributed by atoms with Gasteiger partial charge >= 0.3 is 0 Å². The van der Waals surface area contributed by atoms with E-state index in [0.29, 0.717) is 17.8 Å². The number of benzene rings is 1. The van der Waals surface area contributed by atoms with E-state index in [1.807, 2.05) is 6.07 Å². The number of amides is 1. The van der Waals surface area contributed by atoms with Crippen molar-refractivity contribution >= 4 is 56.2 Å². The van der Waals surface area contributed by atoms with Crippen LogP contribution in [0.2, 0.25) is 8.67 Å². The molecule has 3 aromatic rings. The highest BCUT2D eigenvalue weighted by Crippen LogP contribution is 2.35. The summed E-state index contributed by atoms with van der Waals surface area (Å²) in [6, 6.07) is 12.8. The molecule has 0 saturated carbocycles. The Kier molecular flexibility index (Phi) is 6.01. The summed E-state index contributed by atoms with van der Waals surface area (Å²) in [6.45, 7) is 0.297. The zero-order valence-electron chi connectivity index (χ0n) is 13.6. The maximum absolute atomic E-state index is 12.4. The van der Waals surface area contributed by atoms with Crippen LogP contribution in [0.1, 0.15) is 16.1 Å². The van der Waals surface area contributed by atoms with Gasteiger partial charge in [0.05, 0.1) is 16.6 Å². The molecule has 1 amide bonds. The van der Waals surface area contributed by atoms with Crippen molar-refractivity contribution < 1.29 is 13.2 Å². The molecule has 10 heteroatoms. The van der Waals surface area contributed by atoms with Crippen molar-refractivity contribution in [2.75, 3.05) is 4.72 Å². The minimum absolute atomic E-state index is 0.0815. The van der Waals surface area contributed by atoms with E-state index >= 15 is 0 Å². The van der Waals surface area contributed by atoms with E-state index < -0.39 is 10.0 Å². The van der Waals surface area contributed by atoms with Gasteiger partial charge in [-0.2, -0.15) is 0 Å². The highest BCUT2D eigenvalue weighted by Gasteiger charge is 2.21. The smallest absolute Gasteiger partial charge is 0.264 e. The molecule has 0 aliphatic heterocycles. The number of sulfonamides is 1. The van der Waals surface area contributed by atoms with Gasteiger partial charge in [0.25, 0.3) is 15.9 Å². The predicted molar refractivity (Wildman–Crippen MR) is 107 cm³/mol. The van der Waals surface area contributed by atoms with Gasteiger partial charge in [0.1, 0.15) is 9.23 Å². The van der Waals surface area contributed by atoms with Crippen LogP contribution >= 0.6 is 34.5 Å². The number of pyridine rings is 1. The lowest BCUT2D eigenvalue weighted by molar-refractivity contribution is 0.0950. The zero-order valence-corrected chi connectivity index (χ0v) is 16.8. The molecule has 27 heavy (non-hydrogen) atoms. The van der Waals surface area contributed by atoms with Gasteiger partial charge in [0.2, 0.25) is 0 Å². The van der Waals surface area contributed by atoms with E-state index in [1.54, 1.807) is 18.3 Å². The van der Waals surface area contributed by atoms with E-state index in [4.69, 9.17) is 23.2 Å². The van der Waals surface area contributed by atoms with Crippen LogP contribution in [-0.2, 0) is 16.6 Å². The molecule has 0 aliphatic carbocycles. The number of hydrogen-bond acceptors (Lipinski definition) is 5. The molecule has 6 nitrogen and oxygen atoms in total. The second-order valence-electron chi connectivity index (χ2n) is 5.38. The SMILES string of the molecule is O=C(NCc1ccccn1)c1ccc(NS(=O)(=O)c2cc(Cl)sc2Cl)cc1. The number of hydrogen-bond donors (Lipinski definition) is 2. The summed E-state index contributed by atoms with van der Waals surface area (Å²) in [5.41, 5.74) is 1.43. The van der Waals surface area contributed by atoms with Crippen LogP contribution in [0.3, 0.4) is 0 Å². The van der Waals surface area contributed by atoms with Gasteiger partial charge in [0, 0.05) is 17.4 Å². The van der Waals surface area contributed by atoms with Gasteiger partial charge in [-0.1, -0.05) is 29.3 Å². The Bertz CT molecular complexity index is 1050. The molecule has 2 heterocycles. The third-order valence-electron chi connectivity index (χ3n) is 3.47. The summed E-state index contributed by atoms with van der Waals surface area (Å²) < 4.78 is 27.5. The van der Waals surface area contributed by atoms with E-state index in [0.717, 1.165) is 17.0 Å². The molecule has 0 aliphatic rings. The molecule has 0 radical (unpaired) electrons. The molecule has 2 aromatic heterocycles. The Balaban J connectivity index is 1.66. The summed E-state index contributed by atoms with van der Waals surface area (Å²) in [5.74, 6) is -0.289. The number of halogens is 2. The first kappa shape index (κ1) is 19.6. The summed E-state index contributed by atoms with van der Waals surface area (Å²) in [6.07, 6.45) is 1.65. The number of carbonyl (C=O) groups excluding carboxylic acids is 1. The van der Waals surface area contributed by atoms with Crippen LogP contribution in [0.15, 0.2) is 59.6 Å². The van der Waals surface area contributed by atoms with Gasteiger partial charge in [-0.25, -0.2) is 8.42 Å². The largest absolute Gasteiger partial charge is 0.346 e. The maximum atomic E-state index is 12.4. The topological polar surface area (TPSA) is 88.2 Å². The fourth-order valence-corrected chi connectivity index (χ4v) is 5.39. The van der Waals surface area contributed by atoms with Crippen molar-refractivity contribution in [3.63, 3.8) is 0 Å². The summed E-state index contributed by atoms with van der Waals surface area (Å²) in [4.78, 5) is 16.2. The Morgan fingerprint density at radius 2 is 1.85 bits per heavy atom. The van der Waals surface area contributed by atoms with Crippen LogP contribution in [0.25, 0.3) is 0 Å². The number of aromatic nitrogens is 1. The van der Waals surface area contributed by atoms with Crippen molar-refractivity contribution in [1.29, 1.82) is 0 Å². The lowest BCUT2D eigenvalue weighted by Crippen LogP contribution is -2.23. The third-order valence-corrected chi connectivity index (χ3v) is 6.60. The maximum Gasteiger partial charge on any atom is 0.264 e. The quantitative estimate of drug-likeness (QED) is 0.600. The number of nitrogens with one attached hydrogen (secondary N) is 2. The number of thiophene rings is 1. The molecule has 3 rings (SSSR count). The summed E-state index contributed by atoms with van der Waals surface area (Å²) in [5, 5.41) is 2.75. The second kappa shape index (κ2) is 8.26. The number of anilines is 1. The lowest BCUT2D eigenvalue weighted by atomic mass is 10.2.